The minimum absolute atomic E-state index is 0.274. The predicted molar refractivity (Wildman–Crippen MR) is 80.3 cm³/mol. The Bertz CT molecular complexity index is 628. The summed E-state index contributed by atoms with van der Waals surface area (Å²) in [4.78, 5) is 16.1. The van der Waals surface area contributed by atoms with Crippen molar-refractivity contribution in [3.8, 4) is 11.5 Å². The van der Waals surface area contributed by atoms with Crippen LogP contribution in [0.5, 0.6) is 11.5 Å². The molecule has 0 unspecified atom stereocenters. The van der Waals surface area contributed by atoms with Crippen molar-refractivity contribution in [2.75, 3.05) is 14.2 Å². The van der Waals surface area contributed by atoms with Crippen molar-refractivity contribution in [2.45, 2.75) is 10.6 Å². The molecule has 2 aromatic rings. The van der Waals surface area contributed by atoms with Gasteiger partial charge >= 0.3 is 5.97 Å². The minimum atomic E-state index is -0.928. The van der Waals surface area contributed by atoms with E-state index in [4.69, 9.17) is 14.6 Å². The van der Waals surface area contributed by atoms with Crippen LogP contribution in [0.2, 0.25) is 0 Å². The maximum absolute atomic E-state index is 10.8. The van der Waals surface area contributed by atoms with Gasteiger partial charge in [-0.25, -0.2) is 4.79 Å². The number of hydrogen-bond acceptors (Lipinski definition) is 5. The van der Waals surface area contributed by atoms with Crippen LogP contribution in [0.3, 0.4) is 0 Å². The Balaban J connectivity index is 2.11. The summed E-state index contributed by atoms with van der Waals surface area (Å²) in [5, 5.41) is 8.86. The van der Waals surface area contributed by atoms with E-state index in [0.29, 0.717) is 17.3 Å². The molecular weight excluding hydrogens is 290 g/mol. The van der Waals surface area contributed by atoms with Gasteiger partial charge in [0.25, 0.3) is 0 Å². The van der Waals surface area contributed by atoms with Crippen LogP contribution in [-0.4, -0.2) is 30.3 Å². The molecule has 110 valence electrons. The summed E-state index contributed by atoms with van der Waals surface area (Å²) in [6, 6.07) is 8.47. The average molecular weight is 305 g/mol. The monoisotopic (exact) mass is 305 g/mol. The Morgan fingerprint density at radius 3 is 2.48 bits per heavy atom. The van der Waals surface area contributed by atoms with Crippen LogP contribution >= 0.6 is 11.8 Å². The molecule has 0 amide bonds. The highest BCUT2D eigenvalue weighted by Gasteiger charge is 2.11. The standard InChI is InChI=1S/C15H15NO4S/c1-19-13-7-8-16-12(14(13)20-2)9-21-11-5-3-10(4-6-11)15(17)18/h3-8H,9H2,1-2H3,(H,17,18). The first kappa shape index (κ1) is 15.2. The molecule has 0 aliphatic heterocycles. The number of pyridine rings is 1. The highest BCUT2D eigenvalue weighted by Crippen LogP contribution is 2.33. The molecule has 0 spiro atoms. The molecule has 5 nitrogen and oxygen atoms in total. The van der Waals surface area contributed by atoms with Gasteiger partial charge in [0, 0.05) is 22.9 Å². The van der Waals surface area contributed by atoms with Gasteiger partial charge in [-0.2, -0.15) is 0 Å². The number of aromatic nitrogens is 1. The summed E-state index contributed by atoms with van der Waals surface area (Å²) >= 11 is 1.55. The predicted octanol–water partition coefficient (Wildman–Crippen LogP) is 3.09. The molecular formula is C15H15NO4S. The van der Waals surface area contributed by atoms with Crippen molar-refractivity contribution in [1.29, 1.82) is 0 Å². The number of rotatable bonds is 6. The van der Waals surface area contributed by atoms with Crippen LogP contribution in [-0.2, 0) is 5.75 Å². The third-order valence-corrected chi connectivity index (χ3v) is 3.87. The van der Waals surface area contributed by atoms with Crippen molar-refractivity contribution >= 4 is 17.7 Å². The topological polar surface area (TPSA) is 68.7 Å². The van der Waals surface area contributed by atoms with Crippen molar-refractivity contribution in [3.05, 3.63) is 47.8 Å². The van der Waals surface area contributed by atoms with Gasteiger partial charge in [-0.1, -0.05) is 0 Å². The smallest absolute Gasteiger partial charge is 0.335 e. The van der Waals surface area contributed by atoms with Gasteiger partial charge in [0.2, 0.25) is 0 Å². The van der Waals surface area contributed by atoms with Crippen LogP contribution in [0.4, 0.5) is 0 Å². The summed E-state index contributed by atoms with van der Waals surface area (Å²) in [6.45, 7) is 0. The van der Waals surface area contributed by atoms with Gasteiger partial charge in [0.15, 0.2) is 11.5 Å². The zero-order valence-corrected chi connectivity index (χ0v) is 12.5. The lowest BCUT2D eigenvalue weighted by molar-refractivity contribution is 0.0697. The third-order valence-electron chi connectivity index (χ3n) is 2.84. The Hall–Kier alpha value is -2.21. The normalized spacial score (nSPS) is 10.2. The lowest BCUT2D eigenvalue weighted by Crippen LogP contribution is -1.98. The molecule has 0 saturated carbocycles. The maximum atomic E-state index is 10.8. The summed E-state index contributed by atoms with van der Waals surface area (Å²) in [7, 11) is 3.16. The molecule has 0 radical (unpaired) electrons. The summed E-state index contributed by atoms with van der Waals surface area (Å²) in [5.41, 5.74) is 1.06. The van der Waals surface area contributed by atoms with E-state index in [2.05, 4.69) is 4.98 Å². The highest BCUT2D eigenvalue weighted by molar-refractivity contribution is 7.98. The van der Waals surface area contributed by atoms with Crippen molar-refractivity contribution < 1.29 is 19.4 Å². The van der Waals surface area contributed by atoms with Gasteiger partial charge in [0.1, 0.15) is 0 Å². The van der Waals surface area contributed by atoms with Gasteiger partial charge in [-0.05, 0) is 24.3 Å². The van der Waals surface area contributed by atoms with Gasteiger partial charge in [-0.15, -0.1) is 11.8 Å². The summed E-state index contributed by atoms with van der Waals surface area (Å²) in [6.07, 6.45) is 1.67. The Labute approximate surface area is 126 Å². The van der Waals surface area contributed by atoms with Gasteiger partial charge < -0.3 is 14.6 Å². The van der Waals surface area contributed by atoms with Crippen LogP contribution < -0.4 is 9.47 Å². The molecule has 0 atom stereocenters. The Morgan fingerprint density at radius 2 is 1.90 bits per heavy atom. The second kappa shape index (κ2) is 6.99. The molecule has 21 heavy (non-hydrogen) atoms. The van der Waals surface area contributed by atoms with Crippen LogP contribution in [0.1, 0.15) is 16.1 Å². The Morgan fingerprint density at radius 1 is 1.19 bits per heavy atom. The van der Waals surface area contributed by atoms with E-state index >= 15 is 0 Å². The Kier molecular flexibility index (Phi) is 5.05. The number of nitrogens with zero attached hydrogens (tertiary/aromatic N) is 1. The first-order valence-corrected chi connectivity index (χ1v) is 7.16. The number of carboxylic acids is 1. The molecule has 1 aromatic heterocycles. The van der Waals surface area contributed by atoms with Crippen LogP contribution in [0.15, 0.2) is 41.4 Å². The molecule has 6 heteroatoms. The number of aromatic carboxylic acids is 1. The fourth-order valence-electron chi connectivity index (χ4n) is 1.80. The molecule has 1 aromatic carbocycles. The molecule has 0 aliphatic carbocycles. The van der Waals surface area contributed by atoms with E-state index in [-0.39, 0.29) is 5.56 Å². The molecule has 0 aliphatic rings. The fraction of sp³-hybridized carbons (Fsp3) is 0.200. The van der Waals surface area contributed by atoms with E-state index in [9.17, 15) is 4.79 Å². The number of ether oxygens (including phenoxy) is 2. The highest BCUT2D eigenvalue weighted by atomic mass is 32.2. The summed E-state index contributed by atoms with van der Waals surface area (Å²) < 4.78 is 10.6. The van der Waals surface area contributed by atoms with Gasteiger partial charge in [0.05, 0.1) is 25.5 Å². The molecule has 0 saturated heterocycles. The number of methoxy groups -OCH3 is 2. The largest absolute Gasteiger partial charge is 0.493 e. The number of benzene rings is 1. The van der Waals surface area contributed by atoms with E-state index in [0.717, 1.165) is 10.6 Å². The average Bonchev–Trinajstić information content (AvgIpc) is 2.52. The fourth-order valence-corrected chi connectivity index (χ4v) is 2.64. The SMILES string of the molecule is COc1ccnc(CSc2ccc(C(=O)O)cc2)c1OC. The van der Waals surface area contributed by atoms with Crippen molar-refractivity contribution in [2.24, 2.45) is 0 Å². The lowest BCUT2D eigenvalue weighted by atomic mass is 10.2. The van der Waals surface area contributed by atoms with E-state index < -0.39 is 5.97 Å². The number of carboxylic acid groups (broad SMARTS) is 1. The second-order valence-corrected chi connectivity index (χ2v) is 5.16. The first-order chi connectivity index (χ1) is 10.2. The number of hydrogen-bond donors (Lipinski definition) is 1. The van der Waals surface area contributed by atoms with E-state index in [1.54, 1.807) is 62.5 Å². The molecule has 0 bridgehead atoms. The quantitative estimate of drug-likeness (QED) is 0.827. The van der Waals surface area contributed by atoms with E-state index in [1.165, 1.54) is 0 Å². The third kappa shape index (κ3) is 3.66. The van der Waals surface area contributed by atoms with Gasteiger partial charge in [-0.3, -0.25) is 4.98 Å². The van der Waals surface area contributed by atoms with Crippen LogP contribution in [0, 0.1) is 0 Å². The summed E-state index contributed by atoms with van der Waals surface area (Å²) in [5.74, 6) is 0.939. The zero-order valence-electron chi connectivity index (χ0n) is 11.7. The molecule has 1 heterocycles. The van der Waals surface area contributed by atoms with Crippen molar-refractivity contribution in [3.63, 3.8) is 0 Å². The minimum Gasteiger partial charge on any atom is -0.493 e. The molecule has 0 fully saturated rings. The lowest BCUT2D eigenvalue weighted by Gasteiger charge is -2.11. The zero-order chi connectivity index (χ0) is 15.2. The molecule has 1 N–H and O–H groups in total. The van der Waals surface area contributed by atoms with Crippen molar-refractivity contribution in [1.82, 2.24) is 4.98 Å². The number of thioether (sulfide) groups is 1. The second-order valence-electron chi connectivity index (χ2n) is 4.11. The first-order valence-electron chi connectivity index (χ1n) is 6.17. The maximum Gasteiger partial charge on any atom is 0.335 e. The van der Waals surface area contributed by atoms with Crippen LogP contribution in [0.25, 0.3) is 0 Å². The number of carbonyl (C=O) groups is 1. The van der Waals surface area contributed by atoms with E-state index in [1.807, 2.05) is 0 Å². The molecule has 2 rings (SSSR count).